The first-order valence-electron chi connectivity index (χ1n) is 31.2. The van der Waals surface area contributed by atoms with Gasteiger partial charge >= 0.3 is 34.1 Å². The summed E-state index contributed by atoms with van der Waals surface area (Å²) in [6, 6.07) is 40.6. The Morgan fingerprint density at radius 3 is 0.833 bits per heavy atom. The van der Waals surface area contributed by atoms with E-state index in [0.717, 1.165) is 183 Å². The third kappa shape index (κ3) is 12.9. The number of rotatable bonds is 15. The van der Waals surface area contributed by atoms with E-state index in [-0.39, 0.29) is 52.3 Å². The number of aromatic amines is 6. The molecule has 90 heavy (non-hydrogen) atoms. The Bertz CT molecular complexity index is 4400. The number of aryl methyl sites for hydroxylation is 3. The Balaban J connectivity index is 0.000000124. The van der Waals surface area contributed by atoms with Gasteiger partial charge in [-0.3, -0.25) is 27.4 Å². The van der Waals surface area contributed by atoms with E-state index >= 15 is 0 Å². The summed E-state index contributed by atoms with van der Waals surface area (Å²) in [5.41, 5.74) is 10.3. The summed E-state index contributed by atoms with van der Waals surface area (Å²) in [6.45, 7) is 10.6. The highest BCUT2D eigenvalue weighted by molar-refractivity contribution is 6.31. The molecular formula is C66H72Cl3N15O6. The number of H-pyrrole nitrogens is 6. The van der Waals surface area contributed by atoms with Crippen LogP contribution < -0.4 is 34.1 Å². The molecule has 0 radical (unpaired) electrons. The SMILES string of the molecule is O=c1[nH]c2ccccc2n1CCCN1CCC(n2c(=O)[nH]c3cc(Cl)ccc32)CC1.O=c1[nH]c2ccccc2n1CCCN1CCC(n2c(=O)[nH]c3cc(Cl)ccc32)CC1.O=c1[nH]c2ccccc2n1CCCN1CCC(n2c(=O)[nH]c3cc(Cl)ccc32)CC1. The van der Waals surface area contributed by atoms with Gasteiger partial charge in [0.25, 0.3) is 0 Å². The van der Waals surface area contributed by atoms with Gasteiger partial charge in [-0.05, 0) is 168 Å². The number of para-hydroxylation sites is 6. The van der Waals surface area contributed by atoms with Crippen molar-refractivity contribution in [3.05, 3.63) is 205 Å². The van der Waals surface area contributed by atoms with Gasteiger partial charge in [0.05, 0.1) is 66.2 Å². The lowest BCUT2D eigenvalue weighted by Crippen LogP contribution is -2.37. The molecule has 0 spiro atoms. The fourth-order valence-corrected chi connectivity index (χ4v) is 14.5. The zero-order valence-electron chi connectivity index (χ0n) is 49.8. The van der Waals surface area contributed by atoms with Crippen LogP contribution in [0.15, 0.2) is 156 Å². The Kier molecular flexibility index (Phi) is 17.9. The Morgan fingerprint density at radius 1 is 0.300 bits per heavy atom. The third-order valence-corrected chi connectivity index (χ3v) is 19.1. The van der Waals surface area contributed by atoms with Crippen LogP contribution in [0.3, 0.4) is 0 Å². The Morgan fingerprint density at radius 2 is 0.556 bits per heavy atom. The molecule has 0 unspecified atom stereocenters. The van der Waals surface area contributed by atoms with E-state index in [1.807, 2.05) is 137 Å². The monoisotopic (exact) mass is 1280 g/mol. The topological polar surface area (TPSA) is 236 Å². The number of fused-ring (bicyclic) bond motifs is 6. The van der Waals surface area contributed by atoms with Crippen LogP contribution in [0.2, 0.25) is 15.1 Å². The van der Waals surface area contributed by atoms with Crippen LogP contribution in [0, 0.1) is 0 Å². The van der Waals surface area contributed by atoms with Gasteiger partial charge < -0.3 is 44.6 Å². The number of nitrogens with zero attached hydrogens (tertiary/aromatic N) is 9. The smallest absolute Gasteiger partial charge is 0.306 e. The van der Waals surface area contributed by atoms with Gasteiger partial charge in [0, 0.05) is 92.1 Å². The van der Waals surface area contributed by atoms with E-state index < -0.39 is 0 Å². The highest BCUT2D eigenvalue weighted by Gasteiger charge is 2.27. The van der Waals surface area contributed by atoms with E-state index in [1.165, 1.54) is 0 Å². The second kappa shape index (κ2) is 26.6. The maximum absolute atomic E-state index is 12.5. The molecule has 0 atom stereocenters. The van der Waals surface area contributed by atoms with Crippen molar-refractivity contribution in [3.63, 3.8) is 0 Å². The summed E-state index contributed by atoms with van der Waals surface area (Å²) in [5.74, 6) is 0. The predicted octanol–water partition coefficient (Wildman–Crippen LogP) is 10.1. The van der Waals surface area contributed by atoms with Crippen molar-refractivity contribution in [2.75, 3.05) is 58.9 Å². The van der Waals surface area contributed by atoms with Crippen molar-refractivity contribution in [2.24, 2.45) is 0 Å². The first-order chi connectivity index (χ1) is 43.8. The molecule has 6 aromatic heterocycles. The highest BCUT2D eigenvalue weighted by Crippen LogP contribution is 2.30. The second-order valence-corrected chi connectivity index (χ2v) is 25.3. The molecule has 3 fully saturated rings. The lowest BCUT2D eigenvalue weighted by molar-refractivity contribution is 0.183. The molecule has 3 saturated heterocycles. The number of imidazole rings is 6. The molecule has 3 aliphatic heterocycles. The summed E-state index contributed by atoms with van der Waals surface area (Å²) < 4.78 is 11.1. The van der Waals surface area contributed by atoms with Gasteiger partial charge in [-0.1, -0.05) is 71.2 Å². The van der Waals surface area contributed by atoms with Gasteiger partial charge in [0.15, 0.2) is 0 Å². The van der Waals surface area contributed by atoms with Crippen LogP contribution in [-0.4, -0.2) is 131 Å². The van der Waals surface area contributed by atoms with Crippen LogP contribution in [-0.2, 0) is 19.6 Å². The largest absolute Gasteiger partial charge is 0.326 e. The minimum atomic E-state index is -0.0653. The van der Waals surface area contributed by atoms with E-state index in [0.29, 0.717) is 34.7 Å². The zero-order chi connectivity index (χ0) is 62.0. The lowest BCUT2D eigenvalue weighted by Gasteiger charge is -2.32. The molecule has 24 heteroatoms. The number of halogens is 3. The summed E-state index contributed by atoms with van der Waals surface area (Å²) in [5, 5.41) is 1.88. The van der Waals surface area contributed by atoms with Crippen molar-refractivity contribution >= 4 is 101 Å². The van der Waals surface area contributed by atoms with Gasteiger partial charge in [-0.25, -0.2) is 28.8 Å². The Labute approximate surface area is 530 Å². The zero-order valence-corrected chi connectivity index (χ0v) is 52.1. The van der Waals surface area contributed by atoms with Crippen molar-refractivity contribution in [1.29, 1.82) is 0 Å². The van der Waals surface area contributed by atoms with Crippen LogP contribution in [0.4, 0.5) is 0 Å². The number of hydrogen-bond donors (Lipinski definition) is 6. The van der Waals surface area contributed by atoms with E-state index in [9.17, 15) is 28.8 Å². The minimum Gasteiger partial charge on any atom is -0.306 e. The lowest BCUT2D eigenvalue weighted by atomic mass is 10.0. The van der Waals surface area contributed by atoms with Gasteiger partial charge in [0.2, 0.25) is 0 Å². The average Bonchev–Trinajstić information content (AvgIpc) is 1.86. The summed E-state index contributed by atoms with van der Waals surface area (Å²) in [7, 11) is 0. The van der Waals surface area contributed by atoms with Crippen molar-refractivity contribution in [1.82, 2.24) is 72.0 Å². The standard InChI is InChI=1S/3C22H24ClN5O2/c3*23-15-6-7-20-18(14-15)25-22(30)28(20)16-8-12-26(13-9-16)10-3-11-27-19-5-2-1-4-17(19)24-21(27)29/h3*1-2,4-7,14,16H,3,8-13H2,(H,24,29)(H,25,30). The summed E-state index contributed by atoms with van der Waals surface area (Å²) in [4.78, 5) is 98.8. The van der Waals surface area contributed by atoms with E-state index in [4.69, 9.17) is 34.8 Å². The number of benzene rings is 6. The van der Waals surface area contributed by atoms with Crippen LogP contribution >= 0.6 is 34.8 Å². The Hall–Kier alpha value is -8.31. The van der Waals surface area contributed by atoms with Crippen molar-refractivity contribution in [3.8, 4) is 0 Å². The maximum atomic E-state index is 12.5. The normalized spacial score (nSPS) is 16.0. The first kappa shape index (κ1) is 60.6. The van der Waals surface area contributed by atoms with Gasteiger partial charge in [-0.15, -0.1) is 0 Å². The van der Waals surface area contributed by atoms with Crippen LogP contribution in [0.1, 0.15) is 75.9 Å². The fraction of sp³-hybridized carbons (Fsp3) is 0.364. The molecule has 0 bridgehead atoms. The molecule has 0 amide bonds. The molecule has 6 N–H and O–H groups in total. The number of aromatic nitrogens is 12. The first-order valence-corrected chi connectivity index (χ1v) is 32.3. The quantitative estimate of drug-likeness (QED) is 0.0572. The summed E-state index contributed by atoms with van der Waals surface area (Å²) in [6.07, 6.45) is 8.34. The van der Waals surface area contributed by atoms with Crippen LogP contribution in [0.25, 0.3) is 66.2 Å². The van der Waals surface area contributed by atoms with E-state index in [2.05, 4.69) is 44.6 Å². The second-order valence-electron chi connectivity index (χ2n) is 24.0. The maximum Gasteiger partial charge on any atom is 0.326 e. The molecule has 0 saturated carbocycles. The number of piperidine rings is 3. The minimum absolute atomic E-state index is 0.0475. The highest BCUT2D eigenvalue weighted by atomic mass is 35.5. The van der Waals surface area contributed by atoms with Gasteiger partial charge in [-0.2, -0.15) is 0 Å². The molecule has 468 valence electrons. The molecular weight excluding hydrogens is 1210 g/mol. The molecule has 9 heterocycles. The average molecular weight is 1280 g/mol. The molecule has 3 aliphatic rings. The fourth-order valence-electron chi connectivity index (χ4n) is 13.9. The summed E-state index contributed by atoms with van der Waals surface area (Å²) >= 11 is 18.2. The molecule has 12 aromatic rings. The molecule has 0 aliphatic carbocycles. The third-order valence-electron chi connectivity index (χ3n) is 18.4. The molecule has 6 aromatic carbocycles. The van der Waals surface area contributed by atoms with E-state index in [1.54, 1.807) is 18.2 Å². The molecule has 21 nitrogen and oxygen atoms in total. The number of hydrogen-bond acceptors (Lipinski definition) is 9. The van der Waals surface area contributed by atoms with Gasteiger partial charge in [0.1, 0.15) is 0 Å². The molecule has 15 rings (SSSR count). The number of nitrogens with one attached hydrogen (secondary N) is 6. The number of likely N-dealkylation sites (tertiary alicyclic amines) is 3. The van der Waals surface area contributed by atoms with Crippen molar-refractivity contribution in [2.45, 2.75) is 95.5 Å². The van der Waals surface area contributed by atoms with Crippen molar-refractivity contribution < 1.29 is 0 Å². The van der Waals surface area contributed by atoms with Crippen LogP contribution in [0.5, 0.6) is 0 Å². The predicted molar refractivity (Wildman–Crippen MR) is 358 cm³/mol.